The molecule has 0 fully saturated rings. The molecule has 0 aliphatic heterocycles. The highest BCUT2D eigenvalue weighted by Gasteiger charge is 2.29. The number of carbonyl (C=O) groups is 2. The molecule has 2 aromatic rings. The van der Waals surface area contributed by atoms with E-state index in [4.69, 9.17) is 4.74 Å². The summed E-state index contributed by atoms with van der Waals surface area (Å²) in [6, 6.07) is 9.20. The molecule has 8 heteroatoms. The molecule has 0 bridgehead atoms. The van der Waals surface area contributed by atoms with E-state index in [2.05, 4.69) is 5.32 Å². The highest BCUT2D eigenvalue weighted by Crippen LogP contribution is 2.29. The predicted octanol–water partition coefficient (Wildman–Crippen LogP) is 4.04. The van der Waals surface area contributed by atoms with Crippen molar-refractivity contribution >= 4 is 23.6 Å². The van der Waals surface area contributed by atoms with Gasteiger partial charge in [-0.15, -0.1) is 0 Å². The number of carbonyl (C=O) groups excluding carboxylic acids is 2. The van der Waals surface area contributed by atoms with Crippen LogP contribution in [0.3, 0.4) is 0 Å². The molecule has 136 valence electrons. The largest absolute Gasteiger partial charge is 0.452 e. The van der Waals surface area contributed by atoms with Crippen molar-refractivity contribution in [1.29, 1.82) is 0 Å². The number of esters is 1. The molecule has 0 aliphatic rings. The maximum atomic E-state index is 12.7. The molecule has 2 aromatic carbocycles. The van der Waals surface area contributed by atoms with E-state index < -0.39 is 36.0 Å². The summed E-state index contributed by atoms with van der Waals surface area (Å²) in [5.74, 6) is -1.91. The second kappa shape index (κ2) is 8.28. The summed E-state index contributed by atoms with van der Waals surface area (Å²) in [6.07, 6.45) is -2.17. The van der Waals surface area contributed by atoms with Crippen molar-refractivity contribution < 1.29 is 31.9 Å². The second-order valence-electron chi connectivity index (χ2n) is 5.12. The quantitative estimate of drug-likeness (QED) is 0.493. The molecule has 1 N–H and O–H groups in total. The van der Waals surface area contributed by atoms with Crippen molar-refractivity contribution in [3.05, 3.63) is 71.6 Å². The third-order valence-electron chi connectivity index (χ3n) is 3.12. The van der Waals surface area contributed by atoms with E-state index in [9.17, 15) is 27.2 Å². The van der Waals surface area contributed by atoms with Gasteiger partial charge in [-0.3, -0.25) is 4.79 Å². The molecular formula is C18H13F4NO3. The standard InChI is InChI=1S/C18H13F4NO3/c19-14-6-8-15(9-7-14)23-16(24)11-26-17(25)10-3-12-1-4-13(5-2-12)18(20,21)22/h1-10H,11H2,(H,23,24)/b10-3+. The van der Waals surface area contributed by atoms with Crippen LogP contribution in [0, 0.1) is 5.82 Å². The fourth-order valence-electron chi connectivity index (χ4n) is 1.86. The van der Waals surface area contributed by atoms with Gasteiger partial charge in [0.25, 0.3) is 5.91 Å². The molecule has 1 amide bonds. The number of anilines is 1. The number of amides is 1. The molecule has 0 unspecified atom stereocenters. The second-order valence-corrected chi connectivity index (χ2v) is 5.12. The van der Waals surface area contributed by atoms with Crippen molar-refractivity contribution in [3.63, 3.8) is 0 Å². The Morgan fingerprint density at radius 2 is 1.62 bits per heavy atom. The maximum absolute atomic E-state index is 12.7. The van der Waals surface area contributed by atoms with Crippen molar-refractivity contribution in [2.75, 3.05) is 11.9 Å². The van der Waals surface area contributed by atoms with Crippen LogP contribution >= 0.6 is 0 Å². The Bertz CT molecular complexity index is 797. The number of benzene rings is 2. The van der Waals surface area contributed by atoms with Gasteiger partial charge in [-0.1, -0.05) is 12.1 Å². The van der Waals surface area contributed by atoms with E-state index in [1.807, 2.05) is 0 Å². The van der Waals surface area contributed by atoms with Gasteiger partial charge in [0.05, 0.1) is 5.56 Å². The van der Waals surface area contributed by atoms with Crippen molar-refractivity contribution in [1.82, 2.24) is 0 Å². The molecule has 0 atom stereocenters. The van der Waals surface area contributed by atoms with Crippen LogP contribution in [-0.2, 0) is 20.5 Å². The summed E-state index contributed by atoms with van der Waals surface area (Å²) in [4.78, 5) is 23.1. The third kappa shape index (κ3) is 6.04. The molecule has 4 nitrogen and oxygen atoms in total. The molecule has 0 radical (unpaired) electrons. The number of halogens is 4. The summed E-state index contributed by atoms with van der Waals surface area (Å²) in [6.45, 7) is -0.562. The Balaban J connectivity index is 1.81. The van der Waals surface area contributed by atoms with Gasteiger partial charge in [0, 0.05) is 11.8 Å². The van der Waals surface area contributed by atoms with Crippen LogP contribution in [0.1, 0.15) is 11.1 Å². The summed E-state index contributed by atoms with van der Waals surface area (Å²) in [5, 5.41) is 2.41. The Morgan fingerprint density at radius 1 is 1.00 bits per heavy atom. The Kier molecular flexibility index (Phi) is 6.11. The van der Waals surface area contributed by atoms with Crippen molar-refractivity contribution in [3.8, 4) is 0 Å². The van der Waals surface area contributed by atoms with Crippen molar-refractivity contribution in [2.45, 2.75) is 6.18 Å². The summed E-state index contributed by atoms with van der Waals surface area (Å²) < 4.78 is 54.8. The number of hydrogen-bond donors (Lipinski definition) is 1. The van der Waals surface area contributed by atoms with Crippen LogP contribution in [0.25, 0.3) is 6.08 Å². The molecule has 0 heterocycles. The Hall–Kier alpha value is -3.16. The predicted molar refractivity (Wildman–Crippen MR) is 86.5 cm³/mol. The van der Waals surface area contributed by atoms with Crippen LogP contribution in [0.4, 0.5) is 23.2 Å². The van der Waals surface area contributed by atoms with E-state index in [0.717, 1.165) is 30.3 Å². The SMILES string of the molecule is O=C(COC(=O)/C=C/c1ccc(C(F)(F)F)cc1)Nc1ccc(F)cc1. The maximum Gasteiger partial charge on any atom is 0.416 e. The van der Waals surface area contributed by atoms with Crippen LogP contribution in [0.5, 0.6) is 0 Å². The van der Waals surface area contributed by atoms with E-state index in [1.165, 1.54) is 30.3 Å². The summed E-state index contributed by atoms with van der Waals surface area (Å²) in [5.41, 5.74) is -0.0897. The van der Waals surface area contributed by atoms with Crippen LogP contribution in [0.2, 0.25) is 0 Å². The van der Waals surface area contributed by atoms with Gasteiger partial charge in [0.1, 0.15) is 5.82 Å². The average molecular weight is 367 g/mol. The lowest BCUT2D eigenvalue weighted by Crippen LogP contribution is -2.20. The molecule has 2 rings (SSSR count). The van der Waals surface area contributed by atoms with E-state index in [1.54, 1.807) is 0 Å². The first-order valence-corrected chi connectivity index (χ1v) is 7.31. The minimum atomic E-state index is -4.43. The zero-order valence-electron chi connectivity index (χ0n) is 13.2. The smallest absolute Gasteiger partial charge is 0.416 e. The van der Waals surface area contributed by atoms with Gasteiger partial charge < -0.3 is 10.1 Å². The molecule has 0 aromatic heterocycles. The van der Waals surface area contributed by atoms with E-state index in [-0.39, 0.29) is 0 Å². The van der Waals surface area contributed by atoms with Gasteiger partial charge in [0.15, 0.2) is 6.61 Å². The highest BCUT2D eigenvalue weighted by atomic mass is 19.4. The first-order valence-electron chi connectivity index (χ1n) is 7.31. The molecule has 0 aliphatic carbocycles. The zero-order chi connectivity index (χ0) is 19.2. The van der Waals surface area contributed by atoms with Gasteiger partial charge >= 0.3 is 12.1 Å². The highest BCUT2D eigenvalue weighted by molar-refractivity contribution is 5.94. The normalized spacial score (nSPS) is 11.4. The monoisotopic (exact) mass is 367 g/mol. The van der Waals surface area contributed by atoms with Crippen molar-refractivity contribution in [2.24, 2.45) is 0 Å². The zero-order valence-corrected chi connectivity index (χ0v) is 13.2. The number of nitrogens with one attached hydrogen (secondary N) is 1. The first kappa shape index (κ1) is 19.2. The average Bonchev–Trinajstić information content (AvgIpc) is 2.60. The number of rotatable bonds is 5. The topological polar surface area (TPSA) is 55.4 Å². The minimum Gasteiger partial charge on any atom is -0.452 e. The first-order chi connectivity index (χ1) is 12.2. The lowest BCUT2D eigenvalue weighted by atomic mass is 10.1. The number of ether oxygens (including phenoxy) is 1. The lowest BCUT2D eigenvalue weighted by Gasteiger charge is -2.06. The number of alkyl halides is 3. The van der Waals surface area contributed by atoms with E-state index >= 15 is 0 Å². The van der Waals surface area contributed by atoms with Crippen LogP contribution < -0.4 is 5.32 Å². The lowest BCUT2D eigenvalue weighted by molar-refractivity contribution is -0.142. The van der Waals surface area contributed by atoms with Crippen LogP contribution in [0.15, 0.2) is 54.6 Å². The molecule has 0 saturated carbocycles. The summed E-state index contributed by atoms with van der Waals surface area (Å²) in [7, 11) is 0. The molecule has 0 spiro atoms. The molecule has 26 heavy (non-hydrogen) atoms. The number of hydrogen-bond acceptors (Lipinski definition) is 3. The van der Waals surface area contributed by atoms with Gasteiger partial charge in [-0.05, 0) is 48.0 Å². The Labute approximate surface area is 146 Å². The molecule has 0 saturated heterocycles. The van der Waals surface area contributed by atoms with Gasteiger partial charge in [-0.25, -0.2) is 9.18 Å². The Morgan fingerprint density at radius 3 is 2.19 bits per heavy atom. The van der Waals surface area contributed by atoms with E-state index in [0.29, 0.717) is 11.3 Å². The van der Waals surface area contributed by atoms with Gasteiger partial charge in [0.2, 0.25) is 0 Å². The fourth-order valence-corrected chi connectivity index (χ4v) is 1.86. The third-order valence-corrected chi connectivity index (χ3v) is 3.12. The molecular weight excluding hydrogens is 354 g/mol. The van der Waals surface area contributed by atoms with Crippen LogP contribution in [-0.4, -0.2) is 18.5 Å². The van der Waals surface area contributed by atoms with Gasteiger partial charge in [-0.2, -0.15) is 13.2 Å². The fraction of sp³-hybridized carbons (Fsp3) is 0.111. The minimum absolute atomic E-state index is 0.341. The summed E-state index contributed by atoms with van der Waals surface area (Å²) >= 11 is 0.